The molecule has 0 N–H and O–H groups in total. The summed E-state index contributed by atoms with van der Waals surface area (Å²) in [6.45, 7) is 15.7. The van der Waals surface area contributed by atoms with Crippen LogP contribution in [-0.2, 0) is 22.1 Å². The van der Waals surface area contributed by atoms with E-state index in [0.29, 0.717) is 25.0 Å². The molecule has 0 spiro atoms. The fourth-order valence-electron chi connectivity index (χ4n) is 8.51. The summed E-state index contributed by atoms with van der Waals surface area (Å²) in [6, 6.07) is 26.2. The number of ether oxygens (including phenoxy) is 2. The Morgan fingerprint density at radius 2 is 1.44 bits per heavy atom. The van der Waals surface area contributed by atoms with Crippen molar-refractivity contribution < 1.29 is 23.2 Å². The second kappa shape index (κ2) is 17.0. The first kappa shape index (κ1) is 40.0. The molecule has 292 valence electrons. The van der Waals surface area contributed by atoms with E-state index in [9.17, 15) is 4.79 Å². The summed E-state index contributed by atoms with van der Waals surface area (Å²) in [5.74, 6) is 1.90. The number of carbonyl (C=O) groups excluding carboxylic acids is 1. The summed E-state index contributed by atoms with van der Waals surface area (Å²) < 4.78 is 25.8. The smallest absolute Gasteiger partial charge is 0.410 e. The Balaban J connectivity index is 1.07. The third-order valence-corrected chi connectivity index (χ3v) is 16.4. The van der Waals surface area contributed by atoms with E-state index in [-0.39, 0.29) is 17.2 Å². The molecule has 54 heavy (non-hydrogen) atoms. The second-order valence-corrected chi connectivity index (χ2v) is 22.2. The van der Waals surface area contributed by atoms with Crippen LogP contribution in [0.3, 0.4) is 0 Å². The standard InChI is InChI=1S/C45H63N3O5Si/c1-44(2,3)51-43(49)48-29-27-33(28-30-48)21-25-40-38-24-26-41(39(31-47(7)8)42(38)52-46-40)50-32-34-19-22-35(23-20-34)53-54(45(4,5)6,36-15-11-9-12-16-36)37-17-13-10-14-18-37/h9-18,24,26,33-35H,19-23,25,27-32H2,1-8H3/t34-,35+. The quantitative estimate of drug-likeness (QED) is 0.134. The Kier molecular flexibility index (Phi) is 12.6. The van der Waals surface area contributed by atoms with Gasteiger partial charge in [-0.25, -0.2) is 4.79 Å². The number of benzene rings is 3. The van der Waals surface area contributed by atoms with Gasteiger partial charge >= 0.3 is 6.09 Å². The van der Waals surface area contributed by atoms with Crippen LogP contribution < -0.4 is 15.1 Å². The highest BCUT2D eigenvalue weighted by Gasteiger charge is 2.51. The average molecular weight is 754 g/mol. The van der Waals surface area contributed by atoms with Gasteiger partial charge in [-0.1, -0.05) is 86.6 Å². The Morgan fingerprint density at radius 3 is 2.00 bits per heavy atom. The van der Waals surface area contributed by atoms with Gasteiger partial charge in [0.1, 0.15) is 11.4 Å². The van der Waals surface area contributed by atoms with Crippen LogP contribution in [0.1, 0.15) is 97.7 Å². The minimum Gasteiger partial charge on any atom is -0.493 e. The first-order valence-electron chi connectivity index (χ1n) is 20.2. The number of carbonyl (C=O) groups is 1. The molecule has 1 amide bonds. The van der Waals surface area contributed by atoms with E-state index in [4.69, 9.17) is 18.4 Å². The van der Waals surface area contributed by atoms with Crippen LogP contribution in [-0.4, -0.2) is 74.9 Å². The highest BCUT2D eigenvalue weighted by molar-refractivity contribution is 6.99. The van der Waals surface area contributed by atoms with Crippen LogP contribution in [0.25, 0.3) is 11.0 Å². The number of rotatable bonds is 12. The normalized spacial score (nSPS) is 19.0. The molecular formula is C45H63N3O5Si. The highest BCUT2D eigenvalue weighted by atomic mass is 28.4. The molecule has 9 heteroatoms. The summed E-state index contributed by atoms with van der Waals surface area (Å²) in [7, 11) is 1.58. The molecule has 1 saturated heterocycles. The van der Waals surface area contributed by atoms with Crippen LogP contribution in [0.15, 0.2) is 77.3 Å². The van der Waals surface area contributed by atoms with Crippen molar-refractivity contribution in [3.05, 3.63) is 84.1 Å². The van der Waals surface area contributed by atoms with Gasteiger partial charge in [0.05, 0.1) is 17.9 Å². The number of likely N-dealkylation sites (tertiary alicyclic amines) is 1. The van der Waals surface area contributed by atoms with Gasteiger partial charge < -0.3 is 28.2 Å². The number of aromatic nitrogens is 1. The number of aryl methyl sites for hydroxylation is 1. The van der Waals surface area contributed by atoms with Gasteiger partial charge in [-0.2, -0.15) is 0 Å². The lowest BCUT2D eigenvalue weighted by Crippen LogP contribution is -2.67. The zero-order valence-electron chi connectivity index (χ0n) is 34.0. The number of nitrogens with zero attached hydrogens (tertiary/aromatic N) is 3. The lowest BCUT2D eigenvalue weighted by molar-refractivity contribution is 0.0181. The van der Waals surface area contributed by atoms with Crippen molar-refractivity contribution in [3.63, 3.8) is 0 Å². The third kappa shape index (κ3) is 9.40. The molecule has 3 aromatic carbocycles. The number of hydrogen-bond acceptors (Lipinski definition) is 7. The Bertz CT molecular complexity index is 1760. The number of hydrogen-bond donors (Lipinski definition) is 0. The zero-order valence-corrected chi connectivity index (χ0v) is 35.0. The molecule has 8 nitrogen and oxygen atoms in total. The summed E-state index contributed by atoms with van der Waals surface area (Å²) in [6.07, 6.45) is 8.08. The van der Waals surface area contributed by atoms with Crippen molar-refractivity contribution in [3.8, 4) is 5.75 Å². The van der Waals surface area contributed by atoms with Crippen molar-refractivity contribution in [2.75, 3.05) is 33.8 Å². The minimum absolute atomic E-state index is 0.0290. The van der Waals surface area contributed by atoms with Crippen LogP contribution in [0, 0.1) is 11.8 Å². The Labute approximate surface area is 324 Å². The van der Waals surface area contributed by atoms with Crippen molar-refractivity contribution in [2.24, 2.45) is 11.8 Å². The van der Waals surface area contributed by atoms with E-state index in [1.54, 1.807) is 0 Å². The fraction of sp³-hybridized carbons (Fsp3) is 0.556. The number of fused-ring (bicyclic) bond motifs is 1. The number of piperidine rings is 1. The van der Waals surface area contributed by atoms with E-state index < -0.39 is 13.9 Å². The second-order valence-electron chi connectivity index (χ2n) is 18.0. The molecule has 2 fully saturated rings. The largest absolute Gasteiger partial charge is 0.493 e. The molecule has 4 aromatic rings. The predicted octanol–water partition coefficient (Wildman–Crippen LogP) is 8.98. The molecular weight excluding hydrogens is 691 g/mol. The first-order valence-corrected chi connectivity index (χ1v) is 22.1. The SMILES string of the molecule is CN(C)Cc1c(OC[C@H]2CC[C@@H](O[Si](c3ccccc3)(c3ccccc3)C(C)(C)C)CC2)ccc2c(CCC3CCN(C(=O)OC(C)(C)C)CC3)noc12. The molecule has 1 aliphatic heterocycles. The Hall–Kier alpha value is -3.66. The summed E-state index contributed by atoms with van der Waals surface area (Å²) >= 11 is 0. The molecule has 6 rings (SSSR count). The third-order valence-electron chi connectivity index (χ3n) is 11.3. The van der Waals surface area contributed by atoms with Crippen molar-refractivity contribution in [2.45, 2.75) is 116 Å². The highest BCUT2D eigenvalue weighted by Crippen LogP contribution is 2.40. The summed E-state index contributed by atoms with van der Waals surface area (Å²) in [4.78, 5) is 16.5. The average Bonchev–Trinajstić information content (AvgIpc) is 3.56. The van der Waals surface area contributed by atoms with E-state index in [0.717, 1.165) is 92.4 Å². The predicted molar refractivity (Wildman–Crippen MR) is 220 cm³/mol. The molecule has 1 aliphatic carbocycles. The molecule has 0 unspecified atom stereocenters. The molecule has 1 saturated carbocycles. The van der Waals surface area contributed by atoms with Crippen molar-refractivity contribution >= 4 is 35.8 Å². The van der Waals surface area contributed by atoms with Gasteiger partial charge in [-0.05, 0) is 126 Å². The van der Waals surface area contributed by atoms with Crippen LogP contribution in [0.5, 0.6) is 5.75 Å². The molecule has 0 atom stereocenters. The van der Waals surface area contributed by atoms with E-state index in [1.807, 2.05) is 25.7 Å². The van der Waals surface area contributed by atoms with Gasteiger partial charge in [0.15, 0.2) is 5.58 Å². The number of amides is 1. The maximum Gasteiger partial charge on any atom is 0.410 e. The zero-order chi connectivity index (χ0) is 38.5. The molecule has 2 heterocycles. The van der Waals surface area contributed by atoms with Crippen LogP contribution >= 0.6 is 0 Å². The van der Waals surface area contributed by atoms with Crippen LogP contribution in [0.4, 0.5) is 4.79 Å². The molecule has 2 aliphatic rings. The van der Waals surface area contributed by atoms with Crippen molar-refractivity contribution in [1.29, 1.82) is 0 Å². The minimum atomic E-state index is -2.58. The van der Waals surface area contributed by atoms with Gasteiger partial charge in [0.2, 0.25) is 0 Å². The summed E-state index contributed by atoms with van der Waals surface area (Å²) in [5.41, 5.74) is 2.43. The molecule has 0 radical (unpaired) electrons. The fourth-order valence-corrected chi connectivity index (χ4v) is 13.3. The van der Waals surface area contributed by atoms with Gasteiger partial charge in [0.25, 0.3) is 8.32 Å². The monoisotopic (exact) mass is 753 g/mol. The van der Waals surface area contributed by atoms with E-state index in [2.05, 4.69) is 118 Å². The lowest BCUT2D eigenvalue weighted by Gasteiger charge is -2.46. The van der Waals surface area contributed by atoms with E-state index in [1.165, 1.54) is 10.4 Å². The first-order chi connectivity index (χ1) is 25.7. The van der Waals surface area contributed by atoms with Gasteiger partial charge in [0, 0.05) is 31.1 Å². The maximum absolute atomic E-state index is 12.5. The maximum atomic E-state index is 12.5. The molecule has 0 bridgehead atoms. The lowest BCUT2D eigenvalue weighted by atomic mass is 9.88. The summed E-state index contributed by atoms with van der Waals surface area (Å²) in [5, 5.41) is 8.31. The van der Waals surface area contributed by atoms with Crippen molar-refractivity contribution in [1.82, 2.24) is 15.0 Å². The topological polar surface area (TPSA) is 77.3 Å². The Morgan fingerprint density at radius 1 is 0.833 bits per heavy atom. The van der Waals surface area contributed by atoms with Crippen LogP contribution in [0.2, 0.25) is 5.04 Å². The van der Waals surface area contributed by atoms with E-state index >= 15 is 0 Å². The van der Waals surface area contributed by atoms with Gasteiger partial charge in [-0.3, -0.25) is 0 Å². The molecule has 1 aromatic heterocycles. The van der Waals surface area contributed by atoms with Gasteiger partial charge in [-0.15, -0.1) is 0 Å².